The number of amides is 2. The summed E-state index contributed by atoms with van der Waals surface area (Å²) in [6.07, 6.45) is 3.29. The first-order valence-electron chi connectivity index (χ1n) is 9.87. The summed E-state index contributed by atoms with van der Waals surface area (Å²) in [5.74, 6) is -0.118. The van der Waals surface area contributed by atoms with Crippen LogP contribution in [-0.4, -0.2) is 42.4 Å². The van der Waals surface area contributed by atoms with Gasteiger partial charge in [0, 0.05) is 31.5 Å². The molecule has 150 valence electrons. The molecular weight excluding hydrogens is 344 g/mol. The molecule has 0 aromatic heterocycles. The van der Waals surface area contributed by atoms with Crippen LogP contribution >= 0.6 is 0 Å². The highest BCUT2D eigenvalue weighted by Gasteiger charge is 2.28. The number of ether oxygens (including phenoxy) is 1. The molecule has 3 unspecified atom stereocenters. The minimum atomic E-state index is -0.852. The third-order valence-corrected chi connectivity index (χ3v) is 5.04. The number of carboxylic acids is 1. The zero-order chi connectivity index (χ0) is 19.6. The van der Waals surface area contributed by atoms with E-state index >= 15 is 0 Å². The Labute approximate surface area is 161 Å². The summed E-state index contributed by atoms with van der Waals surface area (Å²) in [5.41, 5.74) is 1.08. The van der Waals surface area contributed by atoms with Gasteiger partial charge in [0.1, 0.15) is 0 Å². The average molecular weight is 376 g/mol. The standard InChI is InChI=1S/C21H32N2O4/c1-15(2)20-17(9-6-12-27-20)14-22-21(26)23-18(10-11-19(24)25)13-16-7-4-3-5-8-16/h3-5,7-8,15,17-18,20H,6,9-14H2,1-2H3,(H,24,25)(H2,22,23,26). The number of rotatable bonds is 9. The first-order valence-corrected chi connectivity index (χ1v) is 9.87. The second kappa shape index (κ2) is 10.9. The van der Waals surface area contributed by atoms with E-state index in [1.54, 1.807) is 0 Å². The van der Waals surface area contributed by atoms with Gasteiger partial charge >= 0.3 is 12.0 Å². The van der Waals surface area contributed by atoms with Crippen molar-refractivity contribution in [1.29, 1.82) is 0 Å². The first kappa shape index (κ1) is 21.2. The first-order chi connectivity index (χ1) is 13.0. The van der Waals surface area contributed by atoms with Crippen LogP contribution in [0.1, 0.15) is 45.1 Å². The zero-order valence-corrected chi connectivity index (χ0v) is 16.3. The van der Waals surface area contributed by atoms with Crippen LogP contribution < -0.4 is 10.6 Å². The van der Waals surface area contributed by atoms with E-state index in [9.17, 15) is 9.59 Å². The zero-order valence-electron chi connectivity index (χ0n) is 16.3. The fourth-order valence-corrected chi connectivity index (χ4v) is 3.70. The topological polar surface area (TPSA) is 87.7 Å². The molecule has 0 aliphatic carbocycles. The van der Waals surface area contributed by atoms with Crippen molar-refractivity contribution in [3.05, 3.63) is 35.9 Å². The van der Waals surface area contributed by atoms with Crippen molar-refractivity contribution in [3.8, 4) is 0 Å². The fraction of sp³-hybridized carbons (Fsp3) is 0.619. The van der Waals surface area contributed by atoms with Gasteiger partial charge in [0.25, 0.3) is 0 Å². The molecule has 0 bridgehead atoms. The van der Waals surface area contributed by atoms with Gasteiger partial charge in [0.05, 0.1) is 6.10 Å². The van der Waals surface area contributed by atoms with Crippen molar-refractivity contribution >= 4 is 12.0 Å². The lowest BCUT2D eigenvalue weighted by molar-refractivity contribution is -0.137. The second-order valence-electron chi connectivity index (χ2n) is 7.66. The summed E-state index contributed by atoms with van der Waals surface area (Å²) < 4.78 is 5.87. The van der Waals surface area contributed by atoms with Crippen LogP contribution in [0.2, 0.25) is 0 Å². The lowest BCUT2D eigenvalue weighted by Crippen LogP contribution is -2.47. The van der Waals surface area contributed by atoms with Crippen molar-refractivity contribution in [2.75, 3.05) is 13.2 Å². The van der Waals surface area contributed by atoms with Crippen molar-refractivity contribution < 1.29 is 19.4 Å². The van der Waals surface area contributed by atoms with Crippen molar-refractivity contribution in [1.82, 2.24) is 10.6 Å². The number of aliphatic carboxylic acids is 1. The van der Waals surface area contributed by atoms with E-state index in [0.29, 0.717) is 31.2 Å². The van der Waals surface area contributed by atoms with E-state index in [-0.39, 0.29) is 24.6 Å². The maximum Gasteiger partial charge on any atom is 0.315 e. The van der Waals surface area contributed by atoms with Gasteiger partial charge in [-0.05, 0) is 37.2 Å². The molecule has 3 atom stereocenters. The van der Waals surface area contributed by atoms with Crippen LogP contribution in [0.15, 0.2) is 30.3 Å². The van der Waals surface area contributed by atoms with Crippen molar-refractivity contribution in [3.63, 3.8) is 0 Å². The summed E-state index contributed by atoms with van der Waals surface area (Å²) in [5, 5.41) is 14.9. The minimum Gasteiger partial charge on any atom is -0.481 e. The summed E-state index contributed by atoms with van der Waals surface area (Å²) in [4.78, 5) is 23.3. The maximum atomic E-state index is 12.4. The van der Waals surface area contributed by atoms with E-state index in [0.717, 1.165) is 25.0 Å². The maximum absolute atomic E-state index is 12.4. The monoisotopic (exact) mass is 376 g/mol. The molecule has 1 saturated heterocycles. The van der Waals surface area contributed by atoms with E-state index in [2.05, 4.69) is 24.5 Å². The second-order valence-corrected chi connectivity index (χ2v) is 7.66. The Bertz CT molecular complexity index is 591. The molecule has 0 spiro atoms. The Morgan fingerprint density at radius 2 is 2.00 bits per heavy atom. The Balaban J connectivity index is 1.87. The third kappa shape index (κ3) is 7.59. The average Bonchev–Trinajstić information content (AvgIpc) is 2.65. The van der Waals surface area contributed by atoms with Gasteiger partial charge in [-0.25, -0.2) is 4.79 Å². The quantitative estimate of drug-likeness (QED) is 0.617. The predicted molar refractivity (Wildman–Crippen MR) is 105 cm³/mol. The lowest BCUT2D eigenvalue weighted by atomic mass is 9.87. The molecule has 1 aliphatic heterocycles. The van der Waals surface area contributed by atoms with E-state index in [1.165, 1.54) is 0 Å². The van der Waals surface area contributed by atoms with Gasteiger partial charge in [0.15, 0.2) is 0 Å². The third-order valence-electron chi connectivity index (χ3n) is 5.04. The number of urea groups is 1. The van der Waals surface area contributed by atoms with Gasteiger partial charge in [-0.2, -0.15) is 0 Å². The lowest BCUT2D eigenvalue weighted by Gasteiger charge is -2.34. The van der Waals surface area contributed by atoms with Gasteiger partial charge in [0.2, 0.25) is 0 Å². The van der Waals surface area contributed by atoms with Crippen LogP contribution in [0.3, 0.4) is 0 Å². The highest BCUT2D eigenvalue weighted by Crippen LogP contribution is 2.25. The molecule has 2 amide bonds. The number of nitrogens with one attached hydrogen (secondary N) is 2. The van der Waals surface area contributed by atoms with Gasteiger partial charge in [-0.1, -0.05) is 44.2 Å². The van der Waals surface area contributed by atoms with E-state index in [4.69, 9.17) is 9.84 Å². The summed E-state index contributed by atoms with van der Waals surface area (Å²) in [6, 6.07) is 9.34. The summed E-state index contributed by atoms with van der Waals surface area (Å²) in [6.45, 7) is 5.65. The summed E-state index contributed by atoms with van der Waals surface area (Å²) in [7, 11) is 0. The molecule has 6 nitrogen and oxygen atoms in total. The minimum absolute atomic E-state index is 0.0314. The number of benzene rings is 1. The number of hydrogen-bond donors (Lipinski definition) is 3. The van der Waals surface area contributed by atoms with Crippen molar-refractivity contribution in [2.24, 2.45) is 11.8 Å². The molecular formula is C21H32N2O4. The fourth-order valence-electron chi connectivity index (χ4n) is 3.70. The van der Waals surface area contributed by atoms with Gasteiger partial charge in [-0.3, -0.25) is 4.79 Å². The van der Waals surface area contributed by atoms with Gasteiger partial charge < -0.3 is 20.5 Å². The molecule has 2 rings (SSSR count). The number of carboxylic acid groups (broad SMARTS) is 1. The molecule has 1 fully saturated rings. The Kier molecular flexibility index (Phi) is 8.58. The Hall–Kier alpha value is -2.08. The van der Waals surface area contributed by atoms with Gasteiger partial charge in [-0.15, -0.1) is 0 Å². The van der Waals surface area contributed by atoms with Crippen LogP contribution in [0.4, 0.5) is 4.79 Å². The van der Waals surface area contributed by atoms with Crippen LogP contribution in [0, 0.1) is 11.8 Å². The molecule has 3 N–H and O–H groups in total. The largest absolute Gasteiger partial charge is 0.481 e. The highest BCUT2D eigenvalue weighted by atomic mass is 16.5. The number of hydrogen-bond acceptors (Lipinski definition) is 3. The van der Waals surface area contributed by atoms with E-state index < -0.39 is 5.97 Å². The van der Waals surface area contributed by atoms with Crippen LogP contribution in [0.25, 0.3) is 0 Å². The predicted octanol–water partition coefficient (Wildman–Crippen LogP) is 3.21. The molecule has 1 aromatic rings. The molecule has 1 aromatic carbocycles. The van der Waals surface area contributed by atoms with Crippen LogP contribution in [0.5, 0.6) is 0 Å². The summed E-state index contributed by atoms with van der Waals surface area (Å²) >= 11 is 0. The SMILES string of the molecule is CC(C)C1OCCCC1CNC(=O)NC(CCC(=O)O)Cc1ccccc1. The smallest absolute Gasteiger partial charge is 0.315 e. The highest BCUT2D eigenvalue weighted by molar-refractivity contribution is 5.74. The molecule has 1 heterocycles. The van der Waals surface area contributed by atoms with Crippen LogP contribution in [-0.2, 0) is 16.0 Å². The Morgan fingerprint density at radius 3 is 2.67 bits per heavy atom. The van der Waals surface area contributed by atoms with E-state index in [1.807, 2.05) is 30.3 Å². The number of carbonyl (C=O) groups is 2. The normalized spacial score (nSPS) is 20.9. The Morgan fingerprint density at radius 1 is 1.26 bits per heavy atom. The molecule has 0 radical (unpaired) electrons. The molecule has 27 heavy (non-hydrogen) atoms. The molecule has 6 heteroatoms. The molecule has 1 aliphatic rings. The molecule has 0 saturated carbocycles. The van der Waals surface area contributed by atoms with Crippen molar-refractivity contribution in [2.45, 2.75) is 58.1 Å². The number of carbonyl (C=O) groups excluding carboxylic acids is 1.